The van der Waals surface area contributed by atoms with Gasteiger partial charge in [0, 0.05) is 37.7 Å². The third-order valence-corrected chi connectivity index (χ3v) is 6.78. The summed E-state index contributed by atoms with van der Waals surface area (Å²) in [5.41, 5.74) is 19.5. The standard InChI is InChI=1S/C33H48N6O8/c1-4-45-27-18-23(17-25-21-38-33(36)39-32(25)35)8-9-26(27)47-22-24-19-28(41-2)31(29(20-24)42-3)46-12-6-5-7-30(40)37-11-14-44-16-15-43-13-10-34/h8-9,18-21H,4-7,10-17,22,34H2,1-3H3,(H,37,40)(H4,35,36,38,39). The first-order valence-corrected chi connectivity index (χ1v) is 15.6. The molecular weight excluding hydrogens is 608 g/mol. The number of rotatable bonds is 23. The largest absolute Gasteiger partial charge is 0.493 e. The van der Waals surface area contributed by atoms with Crippen LogP contribution in [0, 0.1) is 0 Å². The average Bonchev–Trinajstić information content (AvgIpc) is 3.06. The zero-order valence-corrected chi connectivity index (χ0v) is 27.5. The number of nitrogens with two attached hydrogens (primary N) is 3. The summed E-state index contributed by atoms with van der Waals surface area (Å²) in [6, 6.07) is 9.39. The third kappa shape index (κ3) is 12.6. The van der Waals surface area contributed by atoms with E-state index in [1.807, 2.05) is 37.3 Å². The number of aromatic nitrogens is 2. The molecule has 14 nitrogen and oxygen atoms in total. The second-order valence-corrected chi connectivity index (χ2v) is 10.3. The van der Waals surface area contributed by atoms with Gasteiger partial charge in [0.25, 0.3) is 0 Å². The van der Waals surface area contributed by atoms with E-state index in [1.165, 1.54) is 0 Å². The zero-order valence-electron chi connectivity index (χ0n) is 27.5. The van der Waals surface area contributed by atoms with Crippen LogP contribution in [0.4, 0.5) is 11.8 Å². The average molecular weight is 657 g/mol. The van der Waals surface area contributed by atoms with Gasteiger partial charge in [0.15, 0.2) is 23.0 Å². The van der Waals surface area contributed by atoms with Crippen molar-refractivity contribution in [3.05, 3.63) is 53.2 Å². The van der Waals surface area contributed by atoms with Gasteiger partial charge in [-0.1, -0.05) is 6.07 Å². The van der Waals surface area contributed by atoms with Crippen molar-refractivity contribution in [2.45, 2.75) is 39.2 Å². The number of amides is 1. The topological polar surface area (TPSA) is 198 Å². The zero-order chi connectivity index (χ0) is 33.9. The number of anilines is 2. The molecular formula is C33H48N6O8. The lowest BCUT2D eigenvalue weighted by molar-refractivity contribution is -0.121. The summed E-state index contributed by atoms with van der Waals surface area (Å²) in [6.07, 6.45) is 3.87. The summed E-state index contributed by atoms with van der Waals surface area (Å²) in [5, 5.41) is 2.85. The molecule has 0 atom stereocenters. The molecule has 0 fully saturated rings. The van der Waals surface area contributed by atoms with Crippen molar-refractivity contribution in [1.82, 2.24) is 15.3 Å². The number of nitrogens with one attached hydrogen (secondary N) is 1. The quantitative estimate of drug-likeness (QED) is 0.109. The van der Waals surface area contributed by atoms with Crippen molar-refractivity contribution >= 4 is 17.7 Å². The number of unbranched alkanes of at least 4 members (excludes halogenated alkanes) is 1. The van der Waals surface area contributed by atoms with Crippen LogP contribution in [0.3, 0.4) is 0 Å². The lowest BCUT2D eigenvalue weighted by atomic mass is 10.1. The molecule has 0 bridgehead atoms. The Balaban J connectivity index is 1.49. The monoisotopic (exact) mass is 656 g/mol. The van der Waals surface area contributed by atoms with E-state index in [1.54, 1.807) is 20.4 Å². The van der Waals surface area contributed by atoms with Gasteiger partial charge in [-0.25, -0.2) is 4.98 Å². The van der Waals surface area contributed by atoms with Crippen molar-refractivity contribution < 1.29 is 38.0 Å². The van der Waals surface area contributed by atoms with Gasteiger partial charge in [0.2, 0.25) is 17.6 Å². The normalized spacial score (nSPS) is 10.8. The lowest BCUT2D eigenvalue weighted by Gasteiger charge is -2.17. The number of carbonyl (C=O) groups excluding carboxylic acids is 1. The fourth-order valence-corrected chi connectivity index (χ4v) is 4.48. The molecule has 3 rings (SSSR count). The Hall–Kier alpha value is -4.53. The number of benzene rings is 2. The number of ether oxygens (including phenoxy) is 7. The highest BCUT2D eigenvalue weighted by molar-refractivity contribution is 5.75. The highest BCUT2D eigenvalue weighted by Crippen LogP contribution is 2.39. The number of carbonyl (C=O) groups is 1. The van der Waals surface area contributed by atoms with Gasteiger partial charge >= 0.3 is 0 Å². The number of nitrogen functional groups attached to an aromatic ring is 2. The van der Waals surface area contributed by atoms with Crippen LogP contribution in [-0.2, 0) is 27.3 Å². The van der Waals surface area contributed by atoms with Crippen LogP contribution >= 0.6 is 0 Å². The molecule has 0 unspecified atom stereocenters. The fraction of sp³-hybridized carbons (Fsp3) is 0.485. The van der Waals surface area contributed by atoms with Crippen LogP contribution in [0.1, 0.15) is 42.9 Å². The van der Waals surface area contributed by atoms with Crippen LogP contribution in [0.2, 0.25) is 0 Å². The van der Waals surface area contributed by atoms with Crippen LogP contribution < -0.4 is 46.2 Å². The molecule has 1 heterocycles. The highest BCUT2D eigenvalue weighted by atomic mass is 16.5. The smallest absolute Gasteiger partial charge is 0.221 e. The molecule has 47 heavy (non-hydrogen) atoms. The molecule has 14 heteroatoms. The Morgan fingerprint density at radius 3 is 2.23 bits per heavy atom. The van der Waals surface area contributed by atoms with Crippen molar-refractivity contribution in [3.63, 3.8) is 0 Å². The summed E-state index contributed by atoms with van der Waals surface area (Å²) in [7, 11) is 3.14. The van der Waals surface area contributed by atoms with Crippen LogP contribution in [0.5, 0.6) is 28.7 Å². The molecule has 0 saturated heterocycles. The molecule has 1 amide bonds. The minimum Gasteiger partial charge on any atom is -0.493 e. The molecule has 1 aromatic heterocycles. The van der Waals surface area contributed by atoms with Gasteiger partial charge in [-0.2, -0.15) is 4.98 Å². The molecule has 0 spiro atoms. The van der Waals surface area contributed by atoms with Crippen molar-refractivity contribution in [1.29, 1.82) is 0 Å². The molecule has 0 aliphatic carbocycles. The molecule has 0 radical (unpaired) electrons. The minimum absolute atomic E-state index is 0.0317. The second-order valence-electron chi connectivity index (χ2n) is 10.3. The van der Waals surface area contributed by atoms with Gasteiger partial charge in [-0.15, -0.1) is 0 Å². The maximum Gasteiger partial charge on any atom is 0.221 e. The Bertz CT molecular complexity index is 1370. The Morgan fingerprint density at radius 2 is 1.55 bits per heavy atom. The molecule has 0 saturated carbocycles. The Morgan fingerprint density at radius 1 is 0.830 bits per heavy atom. The molecule has 258 valence electrons. The number of nitrogens with zero attached hydrogens (tertiary/aromatic N) is 2. The Kier molecular flexibility index (Phi) is 16.2. The lowest BCUT2D eigenvalue weighted by Crippen LogP contribution is -2.27. The van der Waals surface area contributed by atoms with E-state index in [0.717, 1.165) is 16.7 Å². The highest BCUT2D eigenvalue weighted by Gasteiger charge is 2.16. The van der Waals surface area contributed by atoms with Crippen LogP contribution in [-0.4, -0.2) is 82.8 Å². The van der Waals surface area contributed by atoms with E-state index in [0.29, 0.717) is 113 Å². The van der Waals surface area contributed by atoms with E-state index in [-0.39, 0.29) is 18.5 Å². The van der Waals surface area contributed by atoms with Crippen molar-refractivity contribution in [3.8, 4) is 28.7 Å². The van der Waals surface area contributed by atoms with Gasteiger partial charge in [-0.05, 0) is 55.2 Å². The van der Waals surface area contributed by atoms with E-state index >= 15 is 0 Å². The summed E-state index contributed by atoms with van der Waals surface area (Å²) < 4.78 is 39.9. The first-order valence-electron chi connectivity index (χ1n) is 15.6. The van der Waals surface area contributed by atoms with Crippen LogP contribution in [0.15, 0.2) is 36.5 Å². The van der Waals surface area contributed by atoms with E-state index < -0.39 is 0 Å². The van der Waals surface area contributed by atoms with Gasteiger partial charge in [-0.3, -0.25) is 4.79 Å². The van der Waals surface area contributed by atoms with Gasteiger partial charge < -0.3 is 55.7 Å². The fourth-order valence-electron chi connectivity index (χ4n) is 4.48. The molecule has 7 N–H and O–H groups in total. The van der Waals surface area contributed by atoms with Crippen molar-refractivity contribution in [2.24, 2.45) is 5.73 Å². The summed E-state index contributed by atoms with van der Waals surface area (Å²) in [6.45, 7) is 5.83. The van der Waals surface area contributed by atoms with Crippen molar-refractivity contribution in [2.75, 3.05) is 78.4 Å². The predicted octanol–water partition coefficient (Wildman–Crippen LogP) is 2.88. The molecule has 0 aliphatic rings. The second kappa shape index (κ2) is 20.6. The summed E-state index contributed by atoms with van der Waals surface area (Å²) in [4.78, 5) is 20.2. The Labute approximate surface area is 276 Å². The number of hydrogen-bond acceptors (Lipinski definition) is 13. The first kappa shape index (κ1) is 36.9. The summed E-state index contributed by atoms with van der Waals surface area (Å²) >= 11 is 0. The number of methoxy groups -OCH3 is 2. The molecule has 2 aromatic carbocycles. The van der Waals surface area contributed by atoms with E-state index in [2.05, 4.69) is 15.3 Å². The van der Waals surface area contributed by atoms with E-state index in [4.69, 9.17) is 50.4 Å². The maximum atomic E-state index is 12.1. The van der Waals surface area contributed by atoms with Gasteiger partial charge in [0.1, 0.15) is 12.4 Å². The molecule has 0 aliphatic heterocycles. The first-order chi connectivity index (χ1) is 22.9. The molecule has 3 aromatic rings. The van der Waals surface area contributed by atoms with Crippen LogP contribution in [0.25, 0.3) is 0 Å². The SMILES string of the molecule is CCOc1cc(Cc2cnc(N)nc2N)ccc1OCc1cc(OC)c(OCCCCC(=O)NCCOCCOCCN)c(OC)c1. The minimum atomic E-state index is -0.0317. The van der Waals surface area contributed by atoms with Gasteiger partial charge in [0.05, 0.1) is 53.9 Å². The maximum absolute atomic E-state index is 12.1. The predicted molar refractivity (Wildman–Crippen MR) is 178 cm³/mol. The summed E-state index contributed by atoms with van der Waals surface area (Å²) in [5.74, 6) is 3.14. The number of hydrogen-bond donors (Lipinski definition) is 4. The van der Waals surface area contributed by atoms with E-state index in [9.17, 15) is 4.79 Å². The third-order valence-electron chi connectivity index (χ3n) is 6.78.